The van der Waals surface area contributed by atoms with Gasteiger partial charge >= 0.3 is 6.18 Å². The second-order valence-corrected chi connectivity index (χ2v) is 5.24. The molecule has 0 spiro atoms. The van der Waals surface area contributed by atoms with E-state index in [1.54, 1.807) is 6.07 Å². The quantitative estimate of drug-likeness (QED) is 0.927. The summed E-state index contributed by atoms with van der Waals surface area (Å²) in [6, 6.07) is 7.50. The molecule has 1 aliphatic rings. The summed E-state index contributed by atoms with van der Waals surface area (Å²) in [5.74, 6) is -0.966. The van der Waals surface area contributed by atoms with Gasteiger partial charge in [-0.05, 0) is 25.0 Å². The van der Waals surface area contributed by atoms with E-state index in [-0.39, 0.29) is 16.3 Å². The zero-order valence-corrected chi connectivity index (χ0v) is 12.1. The smallest absolute Gasteiger partial charge is 0.362 e. The zero-order chi connectivity index (χ0) is 16.4. The molecule has 1 amide bonds. The summed E-state index contributed by atoms with van der Waals surface area (Å²) < 4.78 is 39.7. The van der Waals surface area contributed by atoms with Gasteiger partial charge in [0.15, 0.2) is 0 Å². The summed E-state index contributed by atoms with van der Waals surface area (Å²) in [4.78, 5) is 12.3. The number of nitrogens with zero attached hydrogens (tertiary/aromatic N) is 2. The van der Waals surface area contributed by atoms with Gasteiger partial charge in [0.25, 0.3) is 11.6 Å². The Morgan fingerprint density at radius 2 is 2.00 bits per heavy atom. The molecular formula is C15H17F3N2O2. The van der Waals surface area contributed by atoms with E-state index in [1.165, 1.54) is 24.3 Å². The predicted molar refractivity (Wildman–Crippen MR) is 75.2 cm³/mol. The molecule has 1 aliphatic heterocycles. The van der Waals surface area contributed by atoms with E-state index in [4.69, 9.17) is 0 Å². The molecule has 22 heavy (non-hydrogen) atoms. The van der Waals surface area contributed by atoms with Gasteiger partial charge in [0.05, 0.1) is 0 Å². The molecule has 1 atom stereocenters. The number of hydrazone groups is 1. The lowest BCUT2D eigenvalue weighted by Crippen LogP contribution is -2.56. The molecule has 0 aromatic heterocycles. The van der Waals surface area contributed by atoms with Gasteiger partial charge in [0.2, 0.25) is 0 Å². The Balaban J connectivity index is 2.34. The van der Waals surface area contributed by atoms with Crippen LogP contribution in [0, 0.1) is 0 Å². The predicted octanol–water partition coefficient (Wildman–Crippen LogP) is 3.33. The minimum absolute atomic E-state index is 0.0469. The standard InChI is InChI=1S/C15H17F3N2O2/c1-2-3-9-12-10-14(22,15(16,17)18)20(19-12)13(21)11-7-5-4-6-8-11/h4-8,22H,2-3,9-10H2,1H3/t14-/m1/s1. The van der Waals surface area contributed by atoms with Gasteiger partial charge in [-0.3, -0.25) is 4.79 Å². The van der Waals surface area contributed by atoms with Crippen LogP contribution in [0.2, 0.25) is 0 Å². The first-order valence-electron chi connectivity index (χ1n) is 7.04. The van der Waals surface area contributed by atoms with E-state index in [0.717, 1.165) is 6.42 Å². The summed E-state index contributed by atoms with van der Waals surface area (Å²) in [6.07, 6.45) is -3.91. The molecule has 1 aromatic rings. The van der Waals surface area contributed by atoms with E-state index in [1.807, 2.05) is 6.92 Å². The number of carbonyl (C=O) groups is 1. The fraction of sp³-hybridized carbons (Fsp3) is 0.467. The van der Waals surface area contributed by atoms with E-state index in [9.17, 15) is 23.1 Å². The van der Waals surface area contributed by atoms with Crippen LogP contribution in [0.25, 0.3) is 0 Å². The first kappa shape index (κ1) is 16.5. The van der Waals surface area contributed by atoms with Crippen molar-refractivity contribution >= 4 is 11.6 Å². The minimum atomic E-state index is -4.98. The van der Waals surface area contributed by atoms with Crippen molar-refractivity contribution in [1.29, 1.82) is 0 Å². The maximum absolute atomic E-state index is 13.2. The third-order valence-corrected chi connectivity index (χ3v) is 3.53. The number of hydrogen-bond donors (Lipinski definition) is 1. The number of benzene rings is 1. The van der Waals surface area contributed by atoms with Crippen molar-refractivity contribution in [2.45, 2.75) is 44.5 Å². The first-order valence-corrected chi connectivity index (χ1v) is 7.04. The van der Waals surface area contributed by atoms with Gasteiger partial charge in [-0.2, -0.15) is 23.3 Å². The zero-order valence-electron chi connectivity index (χ0n) is 12.1. The summed E-state index contributed by atoms with van der Waals surface area (Å²) in [6.45, 7) is 1.90. The Hall–Kier alpha value is -1.89. The average Bonchev–Trinajstić information content (AvgIpc) is 2.83. The Morgan fingerprint density at radius 1 is 1.36 bits per heavy atom. The topological polar surface area (TPSA) is 52.9 Å². The van der Waals surface area contributed by atoms with Crippen LogP contribution in [-0.4, -0.2) is 33.6 Å². The third kappa shape index (κ3) is 2.99. The van der Waals surface area contributed by atoms with Crippen LogP contribution in [0.5, 0.6) is 0 Å². The Labute approximate surface area is 126 Å². The molecule has 1 aromatic carbocycles. The van der Waals surface area contributed by atoms with Gasteiger partial charge in [-0.1, -0.05) is 31.5 Å². The maximum atomic E-state index is 13.2. The van der Waals surface area contributed by atoms with Crippen molar-refractivity contribution in [2.24, 2.45) is 5.10 Å². The number of carbonyl (C=O) groups excluding carboxylic acids is 1. The van der Waals surface area contributed by atoms with Gasteiger partial charge in [-0.25, -0.2) is 0 Å². The lowest BCUT2D eigenvalue weighted by Gasteiger charge is -2.32. The normalized spacial score (nSPS) is 21.9. The summed E-state index contributed by atoms with van der Waals surface area (Å²) in [7, 11) is 0. The molecule has 0 fully saturated rings. The van der Waals surface area contributed by atoms with Crippen LogP contribution in [0.4, 0.5) is 13.2 Å². The fourth-order valence-corrected chi connectivity index (χ4v) is 2.27. The van der Waals surface area contributed by atoms with Crippen LogP contribution in [-0.2, 0) is 0 Å². The van der Waals surface area contributed by atoms with Crippen LogP contribution in [0.1, 0.15) is 43.0 Å². The van der Waals surface area contributed by atoms with E-state index in [2.05, 4.69) is 5.10 Å². The summed E-state index contributed by atoms with van der Waals surface area (Å²) in [5, 5.41) is 14.0. The third-order valence-electron chi connectivity index (χ3n) is 3.53. The van der Waals surface area contributed by atoms with E-state index >= 15 is 0 Å². The number of alkyl halides is 3. The highest BCUT2D eigenvalue weighted by atomic mass is 19.4. The van der Waals surface area contributed by atoms with Crippen molar-refractivity contribution in [3.05, 3.63) is 35.9 Å². The van der Waals surface area contributed by atoms with Crippen molar-refractivity contribution in [1.82, 2.24) is 5.01 Å². The first-order chi connectivity index (χ1) is 10.3. The van der Waals surface area contributed by atoms with Gasteiger partial charge in [-0.15, -0.1) is 0 Å². The number of unbranched alkanes of at least 4 members (excludes halogenated alkanes) is 1. The van der Waals surface area contributed by atoms with Crippen LogP contribution in [0.15, 0.2) is 35.4 Å². The van der Waals surface area contributed by atoms with Crippen molar-refractivity contribution in [3.63, 3.8) is 0 Å². The minimum Gasteiger partial charge on any atom is -0.362 e. The van der Waals surface area contributed by atoms with Crippen LogP contribution < -0.4 is 0 Å². The monoisotopic (exact) mass is 314 g/mol. The van der Waals surface area contributed by atoms with E-state index in [0.29, 0.717) is 12.8 Å². The molecule has 2 rings (SSSR count). The van der Waals surface area contributed by atoms with Gasteiger partial charge in [0, 0.05) is 17.7 Å². The van der Waals surface area contributed by atoms with Gasteiger partial charge < -0.3 is 5.11 Å². The summed E-state index contributed by atoms with van der Waals surface area (Å²) in [5.41, 5.74) is -3.04. The Kier molecular flexibility index (Phi) is 4.55. The van der Waals surface area contributed by atoms with Crippen molar-refractivity contribution < 1.29 is 23.1 Å². The SMILES string of the molecule is CCCCC1=NN(C(=O)c2ccccc2)[C@](O)(C(F)(F)F)C1. The number of aliphatic hydroxyl groups is 1. The van der Waals surface area contributed by atoms with Crippen molar-refractivity contribution in [2.75, 3.05) is 0 Å². The molecule has 0 bridgehead atoms. The number of hydrogen-bond acceptors (Lipinski definition) is 3. The largest absolute Gasteiger partial charge is 0.438 e. The molecule has 1 heterocycles. The highest BCUT2D eigenvalue weighted by molar-refractivity contribution is 5.98. The molecule has 0 saturated carbocycles. The fourth-order valence-electron chi connectivity index (χ4n) is 2.27. The molecule has 0 unspecified atom stereocenters. The summed E-state index contributed by atoms with van der Waals surface area (Å²) >= 11 is 0. The van der Waals surface area contributed by atoms with E-state index < -0.39 is 24.2 Å². The molecule has 120 valence electrons. The highest BCUT2D eigenvalue weighted by Crippen LogP contribution is 2.41. The lowest BCUT2D eigenvalue weighted by atomic mass is 10.0. The Bertz CT molecular complexity index is 572. The maximum Gasteiger partial charge on any atom is 0.438 e. The number of rotatable bonds is 4. The molecular weight excluding hydrogens is 297 g/mol. The second kappa shape index (κ2) is 6.08. The molecule has 0 saturated heterocycles. The molecule has 0 aliphatic carbocycles. The average molecular weight is 314 g/mol. The van der Waals surface area contributed by atoms with Crippen LogP contribution >= 0.6 is 0 Å². The van der Waals surface area contributed by atoms with Crippen LogP contribution in [0.3, 0.4) is 0 Å². The number of amides is 1. The van der Waals surface area contributed by atoms with Crippen molar-refractivity contribution in [3.8, 4) is 0 Å². The lowest BCUT2D eigenvalue weighted by molar-refractivity contribution is -0.297. The molecule has 7 heteroatoms. The Morgan fingerprint density at radius 3 is 2.55 bits per heavy atom. The second-order valence-electron chi connectivity index (χ2n) is 5.24. The highest BCUT2D eigenvalue weighted by Gasteiger charge is 2.63. The molecule has 4 nitrogen and oxygen atoms in total. The molecule has 0 radical (unpaired) electrons. The van der Waals surface area contributed by atoms with Gasteiger partial charge in [0.1, 0.15) is 0 Å². The molecule has 1 N–H and O–H groups in total. The number of halogens is 3.